The molecule has 0 spiro atoms. The summed E-state index contributed by atoms with van der Waals surface area (Å²) in [7, 11) is 0. The highest BCUT2D eigenvalue weighted by Gasteiger charge is 2.34. The second-order valence-electron chi connectivity index (χ2n) is 4.97. The molecule has 0 aliphatic heterocycles. The Morgan fingerprint density at radius 3 is 2.13 bits per heavy atom. The third kappa shape index (κ3) is 5.57. The number of halogens is 4. The van der Waals surface area contributed by atoms with Crippen molar-refractivity contribution in [3.63, 3.8) is 0 Å². The van der Waals surface area contributed by atoms with Gasteiger partial charge in [-0.25, -0.2) is 0 Å². The van der Waals surface area contributed by atoms with Crippen LogP contribution in [0, 0.1) is 6.92 Å². The molecule has 0 aliphatic rings. The molecule has 122 valence electrons. The van der Waals surface area contributed by atoms with E-state index in [1.54, 1.807) is 24.3 Å². The van der Waals surface area contributed by atoms with Crippen LogP contribution in [-0.4, -0.2) is 15.9 Å². The summed E-state index contributed by atoms with van der Waals surface area (Å²) < 4.78 is -0.833. The molecule has 7 heteroatoms. The fourth-order valence-corrected chi connectivity index (χ4v) is 2.42. The Labute approximate surface area is 158 Å². The van der Waals surface area contributed by atoms with Gasteiger partial charge >= 0.3 is 0 Å². The van der Waals surface area contributed by atoms with Crippen molar-refractivity contribution in [1.82, 2.24) is 5.32 Å². The molecule has 0 radical (unpaired) electrons. The van der Waals surface area contributed by atoms with Gasteiger partial charge < -0.3 is 10.6 Å². The van der Waals surface area contributed by atoms with Crippen LogP contribution in [0.25, 0.3) is 0 Å². The molecule has 2 aromatic carbocycles. The monoisotopic (exact) mass is 434 g/mol. The molecule has 23 heavy (non-hydrogen) atoms. The molecule has 0 heterocycles. The Morgan fingerprint density at radius 1 is 1.04 bits per heavy atom. The highest BCUT2D eigenvalue weighted by Crippen LogP contribution is 2.31. The Balaban J connectivity index is 2.14. The van der Waals surface area contributed by atoms with Gasteiger partial charge in [0, 0.05) is 15.7 Å². The van der Waals surface area contributed by atoms with E-state index in [0.717, 1.165) is 15.7 Å². The molecule has 0 bridgehead atoms. The highest BCUT2D eigenvalue weighted by molar-refractivity contribution is 9.10. The second kappa shape index (κ2) is 7.75. The van der Waals surface area contributed by atoms with E-state index in [0.29, 0.717) is 5.56 Å². The molecule has 0 unspecified atom stereocenters. The Hall–Kier alpha value is -0.940. The predicted molar refractivity (Wildman–Crippen MR) is 100 cm³/mol. The number of benzene rings is 2. The number of rotatable bonds is 4. The summed E-state index contributed by atoms with van der Waals surface area (Å²) in [5.74, 6) is -0.339. The first kappa shape index (κ1) is 18.4. The van der Waals surface area contributed by atoms with Gasteiger partial charge in [-0.05, 0) is 43.3 Å². The summed E-state index contributed by atoms with van der Waals surface area (Å²) in [4.78, 5) is 12.3. The van der Waals surface area contributed by atoms with Crippen molar-refractivity contribution in [2.45, 2.75) is 16.9 Å². The summed E-state index contributed by atoms with van der Waals surface area (Å²) in [5.41, 5.74) is 2.32. The zero-order valence-electron chi connectivity index (χ0n) is 12.1. The van der Waals surface area contributed by atoms with E-state index in [2.05, 4.69) is 26.6 Å². The van der Waals surface area contributed by atoms with E-state index >= 15 is 0 Å². The number of carbonyl (C=O) groups excluding carboxylic acids is 1. The molecular weight excluding hydrogens is 422 g/mol. The van der Waals surface area contributed by atoms with Crippen molar-refractivity contribution >= 4 is 62.3 Å². The first-order valence-corrected chi connectivity index (χ1v) is 8.65. The van der Waals surface area contributed by atoms with Gasteiger partial charge in [-0.1, -0.05) is 68.4 Å². The molecule has 2 rings (SSSR count). The largest absolute Gasteiger partial charge is 0.362 e. The smallest absolute Gasteiger partial charge is 0.252 e. The lowest BCUT2D eigenvalue weighted by molar-refractivity contribution is 0.0942. The fraction of sp³-hybridized carbons (Fsp3) is 0.188. The Bertz CT molecular complexity index is 669. The van der Waals surface area contributed by atoms with Crippen LogP contribution in [0.2, 0.25) is 0 Å². The number of alkyl halides is 3. The first-order valence-electron chi connectivity index (χ1n) is 6.72. The lowest BCUT2D eigenvalue weighted by Gasteiger charge is -2.27. The zero-order chi connectivity index (χ0) is 17.0. The molecule has 2 N–H and O–H groups in total. The van der Waals surface area contributed by atoms with Crippen molar-refractivity contribution in [2.24, 2.45) is 0 Å². The quantitative estimate of drug-likeness (QED) is 0.505. The number of nitrogens with one attached hydrogen (secondary N) is 2. The third-order valence-electron chi connectivity index (χ3n) is 3.07. The number of hydrogen-bond donors (Lipinski definition) is 2. The van der Waals surface area contributed by atoms with E-state index in [9.17, 15) is 4.79 Å². The van der Waals surface area contributed by atoms with Crippen molar-refractivity contribution in [2.75, 3.05) is 5.32 Å². The molecule has 0 aliphatic carbocycles. The summed E-state index contributed by atoms with van der Waals surface area (Å²) in [5, 5.41) is 5.72. The topological polar surface area (TPSA) is 41.1 Å². The molecule has 0 fully saturated rings. The number of hydrogen-bond acceptors (Lipinski definition) is 2. The molecule has 3 nitrogen and oxygen atoms in total. The molecule has 0 aromatic heterocycles. The molecular formula is C16H14BrCl3N2O. The fourth-order valence-electron chi connectivity index (χ4n) is 1.83. The van der Waals surface area contributed by atoms with Gasteiger partial charge in [0.1, 0.15) is 6.17 Å². The van der Waals surface area contributed by atoms with Crippen LogP contribution < -0.4 is 10.6 Å². The maximum absolute atomic E-state index is 12.3. The van der Waals surface area contributed by atoms with Gasteiger partial charge in [0.25, 0.3) is 5.91 Å². The SMILES string of the molecule is Cc1ccc(N[C@H](NC(=O)c2ccc(Br)cc2)C(Cl)(Cl)Cl)cc1. The third-order valence-corrected chi connectivity index (χ3v) is 4.26. The van der Waals surface area contributed by atoms with E-state index in [4.69, 9.17) is 34.8 Å². The van der Waals surface area contributed by atoms with Crippen molar-refractivity contribution in [3.8, 4) is 0 Å². The summed E-state index contributed by atoms with van der Waals surface area (Å²) >= 11 is 21.3. The lowest BCUT2D eigenvalue weighted by atomic mass is 10.2. The minimum absolute atomic E-state index is 0.339. The molecule has 1 atom stereocenters. The average Bonchev–Trinajstić information content (AvgIpc) is 2.48. The van der Waals surface area contributed by atoms with E-state index < -0.39 is 9.96 Å². The van der Waals surface area contributed by atoms with Gasteiger partial charge in [0.15, 0.2) is 0 Å². The summed E-state index contributed by atoms with van der Waals surface area (Å²) in [6, 6.07) is 14.5. The van der Waals surface area contributed by atoms with Crippen LogP contribution >= 0.6 is 50.7 Å². The number of carbonyl (C=O) groups is 1. The van der Waals surface area contributed by atoms with Gasteiger partial charge in [-0.3, -0.25) is 4.79 Å². The highest BCUT2D eigenvalue weighted by atomic mass is 79.9. The molecule has 2 aromatic rings. The minimum atomic E-state index is -1.71. The second-order valence-corrected chi connectivity index (χ2v) is 8.25. The van der Waals surface area contributed by atoms with Crippen molar-refractivity contribution < 1.29 is 4.79 Å². The summed E-state index contributed by atoms with van der Waals surface area (Å²) in [6.45, 7) is 1.98. The van der Waals surface area contributed by atoms with Gasteiger partial charge in [0.05, 0.1) is 0 Å². The van der Waals surface area contributed by atoms with E-state index in [1.165, 1.54) is 0 Å². The average molecular weight is 437 g/mol. The lowest BCUT2D eigenvalue weighted by Crippen LogP contribution is -2.49. The predicted octanol–water partition coefficient (Wildman–Crippen LogP) is 5.30. The Kier molecular flexibility index (Phi) is 6.20. The van der Waals surface area contributed by atoms with Crippen LogP contribution in [0.3, 0.4) is 0 Å². The van der Waals surface area contributed by atoms with E-state index in [1.807, 2.05) is 31.2 Å². The van der Waals surface area contributed by atoms with Crippen LogP contribution in [-0.2, 0) is 0 Å². The number of amides is 1. The first-order chi connectivity index (χ1) is 10.8. The van der Waals surface area contributed by atoms with Crippen LogP contribution in [0.15, 0.2) is 53.0 Å². The normalized spacial score (nSPS) is 12.6. The van der Waals surface area contributed by atoms with Gasteiger partial charge in [0.2, 0.25) is 3.79 Å². The van der Waals surface area contributed by atoms with Crippen LogP contribution in [0.4, 0.5) is 5.69 Å². The maximum atomic E-state index is 12.3. The van der Waals surface area contributed by atoms with Gasteiger partial charge in [-0.2, -0.15) is 0 Å². The van der Waals surface area contributed by atoms with Crippen LogP contribution in [0.5, 0.6) is 0 Å². The van der Waals surface area contributed by atoms with Crippen LogP contribution in [0.1, 0.15) is 15.9 Å². The van der Waals surface area contributed by atoms with E-state index in [-0.39, 0.29) is 5.91 Å². The molecule has 0 saturated heterocycles. The standard InChI is InChI=1S/C16H14BrCl3N2O/c1-10-2-8-13(9-3-10)21-15(16(18,19)20)22-14(23)11-4-6-12(17)7-5-11/h2-9,15,21H,1H3,(H,22,23)/t15-/m1/s1. The number of aryl methyl sites for hydroxylation is 1. The van der Waals surface area contributed by atoms with Crippen molar-refractivity contribution in [3.05, 3.63) is 64.1 Å². The van der Waals surface area contributed by atoms with Crippen molar-refractivity contribution in [1.29, 1.82) is 0 Å². The maximum Gasteiger partial charge on any atom is 0.252 e. The summed E-state index contributed by atoms with van der Waals surface area (Å²) in [6.07, 6.45) is -0.883. The molecule has 0 saturated carbocycles. The Morgan fingerprint density at radius 2 is 1.61 bits per heavy atom. The molecule has 1 amide bonds. The van der Waals surface area contributed by atoms with Gasteiger partial charge in [-0.15, -0.1) is 0 Å². The minimum Gasteiger partial charge on any atom is -0.362 e. The zero-order valence-corrected chi connectivity index (χ0v) is 16.0. The number of anilines is 1.